The standard InChI is InChI=1S/C14H19F2NOS/c1-2-7-17-13(10-3-4-10)9-19(18)14-8-11(15)5-6-12(14)16/h5-6,8,10,13,17H,2-4,7,9H2,1H3. The van der Waals surface area contributed by atoms with E-state index in [0.29, 0.717) is 11.7 Å². The van der Waals surface area contributed by atoms with Crippen molar-refractivity contribution in [2.45, 2.75) is 37.1 Å². The second kappa shape index (κ2) is 6.57. The Morgan fingerprint density at radius 1 is 1.42 bits per heavy atom. The van der Waals surface area contributed by atoms with E-state index in [0.717, 1.165) is 44.0 Å². The van der Waals surface area contributed by atoms with Crippen molar-refractivity contribution >= 4 is 10.8 Å². The first kappa shape index (κ1) is 14.6. The summed E-state index contributed by atoms with van der Waals surface area (Å²) in [5.41, 5.74) is 0. The molecule has 0 aromatic heterocycles. The molecule has 0 aliphatic heterocycles. The maximum absolute atomic E-state index is 13.6. The van der Waals surface area contributed by atoms with Gasteiger partial charge in [0, 0.05) is 11.8 Å². The number of benzene rings is 1. The van der Waals surface area contributed by atoms with Crippen molar-refractivity contribution < 1.29 is 13.0 Å². The van der Waals surface area contributed by atoms with Gasteiger partial charge in [0.15, 0.2) is 0 Å². The molecule has 1 N–H and O–H groups in total. The van der Waals surface area contributed by atoms with Gasteiger partial charge in [0.1, 0.15) is 11.6 Å². The van der Waals surface area contributed by atoms with Crippen molar-refractivity contribution in [2.24, 2.45) is 5.92 Å². The Kier molecular flexibility index (Phi) is 5.05. The zero-order valence-electron chi connectivity index (χ0n) is 11.0. The van der Waals surface area contributed by atoms with Gasteiger partial charge < -0.3 is 5.32 Å². The highest BCUT2D eigenvalue weighted by molar-refractivity contribution is 7.85. The monoisotopic (exact) mass is 287 g/mol. The molecule has 1 fully saturated rings. The average molecular weight is 287 g/mol. The molecular weight excluding hydrogens is 268 g/mol. The Labute approximate surface area is 115 Å². The molecule has 0 radical (unpaired) electrons. The third-order valence-electron chi connectivity index (χ3n) is 3.32. The number of hydrogen-bond donors (Lipinski definition) is 1. The zero-order chi connectivity index (χ0) is 13.8. The first-order valence-electron chi connectivity index (χ1n) is 6.68. The maximum atomic E-state index is 13.6. The van der Waals surface area contributed by atoms with Crippen LogP contribution < -0.4 is 5.32 Å². The van der Waals surface area contributed by atoms with Crippen molar-refractivity contribution in [2.75, 3.05) is 12.3 Å². The highest BCUT2D eigenvalue weighted by Crippen LogP contribution is 2.33. The molecule has 1 aromatic rings. The van der Waals surface area contributed by atoms with Crippen LogP contribution >= 0.6 is 0 Å². The Hall–Kier alpha value is -0.810. The fraction of sp³-hybridized carbons (Fsp3) is 0.571. The quantitative estimate of drug-likeness (QED) is 0.835. The molecule has 1 saturated carbocycles. The van der Waals surface area contributed by atoms with E-state index in [1.807, 2.05) is 0 Å². The first-order chi connectivity index (χ1) is 9.11. The molecule has 1 aliphatic carbocycles. The van der Waals surface area contributed by atoms with E-state index >= 15 is 0 Å². The predicted octanol–water partition coefficient (Wildman–Crippen LogP) is 2.85. The van der Waals surface area contributed by atoms with E-state index in [1.165, 1.54) is 0 Å². The Balaban J connectivity index is 2.03. The van der Waals surface area contributed by atoms with Gasteiger partial charge in [-0.3, -0.25) is 4.21 Å². The van der Waals surface area contributed by atoms with Crippen molar-refractivity contribution in [1.29, 1.82) is 0 Å². The van der Waals surface area contributed by atoms with Crippen LogP contribution in [0.1, 0.15) is 26.2 Å². The summed E-state index contributed by atoms with van der Waals surface area (Å²) in [7, 11) is -1.50. The van der Waals surface area contributed by atoms with Gasteiger partial charge in [-0.15, -0.1) is 0 Å². The minimum Gasteiger partial charge on any atom is -0.313 e. The lowest BCUT2D eigenvalue weighted by atomic mass is 10.2. The molecule has 2 rings (SSSR count). The minimum absolute atomic E-state index is 0.0241. The number of nitrogens with one attached hydrogen (secondary N) is 1. The van der Waals surface area contributed by atoms with E-state index < -0.39 is 22.4 Å². The molecule has 19 heavy (non-hydrogen) atoms. The average Bonchev–Trinajstić information content (AvgIpc) is 3.21. The number of halogens is 2. The number of hydrogen-bond acceptors (Lipinski definition) is 2. The fourth-order valence-electron chi connectivity index (χ4n) is 2.09. The summed E-state index contributed by atoms with van der Waals surface area (Å²) in [5.74, 6) is -0.253. The molecule has 1 aliphatic rings. The fourth-order valence-corrected chi connectivity index (χ4v) is 3.52. The molecule has 0 amide bonds. The van der Waals surface area contributed by atoms with Crippen LogP contribution in [0.3, 0.4) is 0 Å². The lowest BCUT2D eigenvalue weighted by molar-refractivity contribution is 0.497. The molecule has 106 valence electrons. The van der Waals surface area contributed by atoms with Gasteiger partial charge in [0.25, 0.3) is 0 Å². The van der Waals surface area contributed by atoms with Crippen LogP contribution in [0, 0.1) is 17.6 Å². The van der Waals surface area contributed by atoms with Crippen molar-refractivity contribution in [3.63, 3.8) is 0 Å². The van der Waals surface area contributed by atoms with Crippen LogP contribution in [0.2, 0.25) is 0 Å². The predicted molar refractivity (Wildman–Crippen MR) is 72.4 cm³/mol. The van der Waals surface area contributed by atoms with E-state index in [-0.39, 0.29) is 10.9 Å². The van der Waals surface area contributed by atoms with Crippen molar-refractivity contribution in [3.05, 3.63) is 29.8 Å². The third-order valence-corrected chi connectivity index (χ3v) is 4.78. The van der Waals surface area contributed by atoms with Gasteiger partial charge in [-0.1, -0.05) is 6.92 Å². The molecule has 0 heterocycles. The summed E-state index contributed by atoms with van der Waals surface area (Å²) in [5, 5.41) is 3.36. The van der Waals surface area contributed by atoms with E-state index in [4.69, 9.17) is 0 Å². The van der Waals surface area contributed by atoms with Gasteiger partial charge in [0.05, 0.1) is 15.7 Å². The topological polar surface area (TPSA) is 29.1 Å². The lowest BCUT2D eigenvalue weighted by Gasteiger charge is -2.17. The van der Waals surface area contributed by atoms with Crippen LogP contribution in [0.15, 0.2) is 23.1 Å². The number of rotatable bonds is 7. The second-order valence-corrected chi connectivity index (χ2v) is 6.45. The highest BCUT2D eigenvalue weighted by atomic mass is 32.2. The summed E-state index contributed by atoms with van der Waals surface area (Å²) in [6.45, 7) is 2.93. The summed E-state index contributed by atoms with van der Waals surface area (Å²) in [6.07, 6.45) is 3.26. The van der Waals surface area contributed by atoms with Crippen LogP contribution in [-0.2, 0) is 10.8 Å². The normalized spacial score (nSPS) is 18.3. The molecule has 2 unspecified atom stereocenters. The molecule has 0 spiro atoms. The van der Waals surface area contributed by atoms with Gasteiger partial charge in [-0.2, -0.15) is 0 Å². The Morgan fingerprint density at radius 2 is 2.16 bits per heavy atom. The molecule has 0 saturated heterocycles. The molecule has 2 nitrogen and oxygen atoms in total. The van der Waals surface area contributed by atoms with E-state index in [9.17, 15) is 13.0 Å². The van der Waals surface area contributed by atoms with E-state index in [1.54, 1.807) is 0 Å². The Bertz CT molecular complexity index is 463. The molecule has 5 heteroatoms. The third kappa shape index (κ3) is 4.08. The minimum atomic E-state index is -1.50. The Morgan fingerprint density at radius 3 is 2.79 bits per heavy atom. The summed E-state index contributed by atoms with van der Waals surface area (Å²) in [6, 6.07) is 3.26. The molecule has 2 atom stereocenters. The highest BCUT2D eigenvalue weighted by Gasteiger charge is 2.32. The van der Waals surface area contributed by atoms with Gasteiger partial charge in [-0.25, -0.2) is 8.78 Å². The molecule has 0 bridgehead atoms. The smallest absolute Gasteiger partial charge is 0.139 e. The van der Waals surface area contributed by atoms with Gasteiger partial charge in [-0.05, 0) is 49.9 Å². The van der Waals surface area contributed by atoms with Crippen LogP contribution in [0.25, 0.3) is 0 Å². The summed E-state index contributed by atoms with van der Waals surface area (Å²) < 4.78 is 38.8. The molecule has 1 aromatic carbocycles. The lowest BCUT2D eigenvalue weighted by Crippen LogP contribution is -2.36. The molecular formula is C14H19F2NOS. The second-order valence-electron chi connectivity index (χ2n) is 4.98. The van der Waals surface area contributed by atoms with E-state index in [2.05, 4.69) is 12.2 Å². The summed E-state index contributed by atoms with van der Waals surface area (Å²) >= 11 is 0. The zero-order valence-corrected chi connectivity index (χ0v) is 11.8. The van der Waals surface area contributed by atoms with Crippen LogP contribution in [0.5, 0.6) is 0 Å². The van der Waals surface area contributed by atoms with Crippen LogP contribution in [-0.4, -0.2) is 22.5 Å². The largest absolute Gasteiger partial charge is 0.313 e. The van der Waals surface area contributed by atoms with Gasteiger partial charge >= 0.3 is 0 Å². The summed E-state index contributed by atoms with van der Waals surface area (Å²) in [4.78, 5) is -0.0241. The maximum Gasteiger partial charge on any atom is 0.139 e. The first-order valence-corrected chi connectivity index (χ1v) is 8.00. The van der Waals surface area contributed by atoms with Crippen LogP contribution in [0.4, 0.5) is 8.78 Å². The van der Waals surface area contributed by atoms with Crippen molar-refractivity contribution in [3.8, 4) is 0 Å². The SMILES string of the molecule is CCCNC(CS(=O)c1cc(F)ccc1F)C1CC1. The van der Waals surface area contributed by atoms with Crippen molar-refractivity contribution in [1.82, 2.24) is 5.32 Å². The van der Waals surface area contributed by atoms with Gasteiger partial charge in [0.2, 0.25) is 0 Å².